The molecule has 0 aliphatic rings. The first-order valence-corrected chi connectivity index (χ1v) is 5.66. The molecule has 2 rings (SSSR count). The van der Waals surface area contributed by atoms with Crippen molar-refractivity contribution in [3.63, 3.8) is 0 Å². The lowest BCUT2D eigenvalue weighted by Crippen LogP contribution is -2.23. The lowest BCUT2D eigenvalue weighted by atomic mass is 10.2. The Morgan fingerprint density at radius 3 is 2.89 bits per heavy atom. The molecule has 0 atom stereocenters. The Labute approximate surface area is 108 Å². The SMILES string of the molecule is Cn1ccc(CNC(=O)c2ccc(F)cc2Cl)n1. The Bertz CT molecular complexity index is 582. The normalized spacial score (nSPS) is 10.4. The summed E-state index contributed by atoms with van der Waals surface area (Å²) in [4.78, 5) is 11.8. The third-order valence-corrected chi connectivity index (χ3v) is 2.69. The molecule has 0 spiro atoms. The first-order valence-electron chi connectivity index (χ1n) is 5.28. The van der Waals surface area contributed by atoms with Gasteiger partial charge in [0, 0.05) is 13.2 Å². The number of halogens is 2. The van der Waals surface area contributed by atoms with Crippen LogP contribution in [0.2, 0.25) is 5.02 Å². The highest BCUT2D eigenvalue weighted by molar-refractivity contribution is 6.33. The van der Waals surface area contributed by atoms with Gasteiger partial charge in [-0.2, -0.15) is 5.10 Å². The minimum atomic E-state index is -0.471. The van der Waals surface area contributed by atoms with Gasteiger partial charge in [0.1, 0.15) is 5.82 Å². The van der Waals surface area contributed by atoms with Crippen molar-refractivity contribution in [3.8, 4) is 0 Å². The maximum atomic E-state index is 12.8. The van der Waals surface area contributed by atoms with Gasteiger partial charge in [0.15, 0.2) is 0 Å². The second-order valence-electron chi connectivity index (χ2n) is 3.79. The maximum Gasteiger partial charge on any atom is 0.253 e. The molecule has 94 valence electrons. The first-order chi connectivity index (χ1) is 8.56. The molecule has 18 heavy (non-hydrogen) atoms. The molecule has 1 amide bonds. The minimum absolute atomic E-state index is 0.0912. The van der Waals surface area contributed by atoms with Gasteiger partial charge < -0.3 is 5.32 Å². The molecule has 0 unspecified atom stereocenters. The van der Waals surface area contributed by atoms with Crippen molar-refractivity contribution >= 4 is 17.5 Å². The van der Waals surface area contributed by atoms with Gasteiger partial charge in [-0.15, -0.1) is 0 Å². The topological polar surface area (TPSA) is 46.9 Å². The average Bonchev–Trinajstić information content (AvgIpc) is 2.72. The van der Waals surface area contributed by atoms with Gasteiger partial charge >= 0.3 is 0 Å². The van der Waals surface area contributed by atoms with Crippen molar-refractivity contribution in [1.82, 2.24) is 15.1 Å². The molecule has 0 fully saturated rings. The number of amides is 1. The number of aromatic nitrogens is 2. The number of nitrogens with zero attached hydrogens (tertiary/aromatic N) is 2. The van der Waals surface area contributed by atoms with Gasteiger partial charge in [-0.25, -0.2) is 4.39 Å². The third kappa shape index (κ3) is 2.87. The molecule has 0 saturated heterocycles. The minimum Gasteiger partial charge on any atom is -0.346 e. The zero-order chi connectivity index (χ0) is 13.1. The van der Waals surface area contributed by atoms with E-state index in [1.54, 1.807) is 24.0 Å². The zero-order valence-electron chi connectivity index (χ0n) is 9.65. The molecule has 0 aliphatic carbocycles. The van der Waals surface area contributed by atoms with Gasteiger partial charge in [0.05, 0.1) is 22.8 Å². The second kappa shape index (κ2) is 5.18. The van der Waals surface area contributed by atoms with Crippen molar-refractivity contribution in [3.05, 3.63) is 52.6 Å². The summed E-state index contributed by atoms with van der Waals surface area (Å²) >= 11 is 5.79. The van der Waals surface area contributed by atoms with Crippen molar-refractivity contribution in [2.24, 2.45) is 7.05 Å². The van der Waals surface area contributed by atoms with Crippen molar-refractivity contribution in [2.45, 2.75) is 6.54 Å². The molecule has 4 nitrogen and oxygen atoms in total. The van der Waals surface area contributed by atoms with Crippen LogP contribution in [0.4, 0.5) is 4.39 Å². The smallest absolute Gasteiger partial charge is 0.253 e. The van der Waals surface area contributed by atoms with E-state index in [9.17, 15) is 9.18 Å². The zero-order valence-corrected chi connectivity index (χ0v) is 10.4. The van der Waals surface area contributed by atoms with Gasteiger partial charge in [-0.3, -0.25) is 9.48 Å². The molecular formula is C12H11ClFN3O. The van der Waals surface area contributed by atoms with E-state index >= 15 is 0 Å². The Morgan fingerprint density at radius 2 is 2.28 bits per heavy atom. The molecular weight excluding hydrogens is 257 g/mol. The van der Waals surface area contributed by atoms with Crippen LogP contribution in [0.3, 0.4) is 0 Å². The molecule has 0 radical (unpaired) electrons. The van der Waals surface area contributed by atoms with E-state index < -0.39 is 5.82 Å². The number of benzene rings is 1. The Hall–Kier alpha value is -1.88. The number of aryl methyl sites for hydroxylation is 1. The lowest BCUT2D eigenvalue weighted by Gasteiger charge is -2.05. The van der Waals surface area contributed by atoms with Crippen LogP contribution in [0.15, 0.2) is 30.5 Å². The second-order valence-corrected chi connectivity index (χ2v) is 4.19. The quantitative estimate of drug-likeness (QED) is 0.926. The number of carbonyl (C=O) groups is 1. The van der Waals surface area contributed by atoms with Crippen LogP contribution in [0.1, 0.15) is 16.1 Å². The van der Waals surface area contributed by atoms with Gasteiger partial charge in [0.25, 0.3) is 5.91 Å². The number of rotatable bonds is 3. The number of nitrogens with one attached hydrogen (secondary N) is 1. The average molecular weight is 268 g/mol. The van der Waals surface area contributed by atoms with Crippen LogP contribution in [0.25, 0.3) is 0 Å². The molecule has 1 N–H and O–H groups in total. The number of carbonyl (C=O) groups excluding carboxylic acids is 1. The summed E-state index contributed by atoms with van der Waals surface area (Å²) in [5, 5.41) is 6.88. The molecule has 6 heteroatoms. The largest absolute Gasteiger partial charge is 0.346 e. The summed E-state index contributed by atoms with van der Waals surface area (Å²) < 4.78 is 14.5. The molecule has 0 bridgehead atoms. The van der Waals surface area contributed by atoms with Crippen molar-refractivity contribution in [1.29, 1.82) is 0 Å². The van der Waals surface area contributed by atoms with E-state index in [0.717, 1.165) is 11.8 Å². The predicted octanol–water partition coefficient (Wildman–Crippen LogP) is 2.14. The molecule has 1 aromatic carbocycles. The Morgan fingerprint density at radius 1 is 1.50 bits per heavy atom. The van der Waals surface area contributed by atoms with Crippen molar-refractivity contribution < 1.29 is 9.18 Å². The van der Waals surface area contributed by atoms with Crippen LogP contribution in [-0.2, 0) is 13.6 Å². The maximum absolute atomic E-state index is 12.8. The van der Waals surface area contributed by atoms with Gasteiger partial charge in [-0.05, 0) is 24.3 Å². The summed E-state index contributed by atoms with van der Waals surface area (Å²) in [6.07, 6.45) is 1.78. The monoisotopic (exact) mass is 267 g/mol. The first kappa shape index (κ1) is 12.6. The fraction of sp³-hybridized carbons (Fsp3) is 0.167. The molecule has 2 aromatic rings. The standard InChI is InChI=1S/C12H11ClFN3O/c1-17-5-4-9(16-17)7-15-12(18)10-3-2-8(14)6-11(10)13/h2-6H,7H2,1H3,(H,15,18). The van der Waals surface area contributed by atoms with Crippen LogP contribution in [0.5, 0.6) is 0 Å². The van der Waals surface area contributed by atoms with Crippen molar-refractivity contribution in [2.75, 3.05) is 0 Å². The summed E-state index contributed by atoms with van der Waals surface area (Å²) in [7, 11) is 1.79. The highest BCUT2D eigenvalue weighted by atomic mass is 35.5. The fourth-order valence-corrected chi connectivity index (χ4v) is 1.75. The Kier molecular flexibility index (Phi) is 3.62. The summed E-state index contributed by atoms with van der Waals surface area (Å²) in [6.45, 7) is 0.299. The van der Waals surface area contributed by atoms with E-state index in [4.69, 9.17) is 11.6 Å². The lowest BCUT2D eigenvalue weighted by molar-refractivity contribution is 0.0950. The van der Waals surface area contributed by atoms with Crippen LogP contribution < -0.4 is 5.32 Å². The summed E-state index contributed by atoms with van der Waals surface area (Å²) in [5.74, 6) is -0.827. The number of hydrogen-bond acceptors (Lipinski definition) is 2. The van der Waals surface area contributed by atoms with Gasteiger partial charge in [-0.1, -0.05) is 11.6 Å². The molecule has 1 aromatic heterocycles. The number of hydrogen-bond donors (Lipinski definition) is 1. The molecule has 1 heterocycles. The summed E-state index contributed by atoms with van der Waals surface area (Å²) in [6, 6.07) is 5.46. The molecule has 0 aliphatic heterocycles. The summed E-state index contributed by atoms with van der Waals surface area (Å²) in [5.41, 5.74) is 0.984. The molecule has 0 saturated carbocycles. The van der Waals surface area contributed by atoms with E-state index in [2.05, 4.69) is 10.4 Å². The van der Waals surface area contributed by atoms with E-state index in [-0.39, 0.29) is 16.5 Å². The fourth-order valence-electron chi connectivity index (χ4n) is 1.50. The van der Waals surface area contributed by atoms with Crippen LogP contribution >= 0.6 is 11.6 Å². The van der Waals surface area contributed by atoms with Crippen LogP contribution in [-0.4, -0.2) is 15.7 Å². The van der Waals surface area contributed by atoms with E-state index in [1.807, 2.05) is 0 Å². The predicted molar refractivity (Wildman–Crippen MR) is 65.8 cm³/mol. The van der Waals surface area contributed by atoms with Gasteiger partial charge in [0.2, 0.25) is 0 Å². The highest BCUT2D eigenvalue weighted by Crippen LogP contribution is 2.17. The van der Waals surface area contributed by atoms with E-state index in [1.165, 1.54) is 12.1 Å². The third-order valence-electron chi connectivity index (χ3n) is 2.37. The van der Waals surface area contributed by atoms with Crippen LogP contribution in [0, 0.1) is 5.82 Å². The highest BCUT2D eigenvalue weighted by Gasteiger charge is 2.11. The Balaban J connectivity index is 2.03. The van der Waals surface area contributed by atoms with E-state index in [0.29, 0.717) is 6.54 Å².